The monoisotopic (exact) mass is 279 g/mol. The highest BCUT2D eigenvalue weighted by atomic mass is 32.1. The molecule has 0 radical (unpaired) electrons. The van der Waals surface area contributed by atoms with Gasteiger partial charge < -0.3 is 10.4 Å². The van der Waals surface area contributed by atoms with E-state index in [0.717, 1.165) is 6.07 Å². The van der Waals surface area contributed by atoms with E-state index in [1.807, 2.05) is 0 Å². The lowest BCUT2D eigenvalue weighted by atomic mass is 10.2. The molecule has 2 N–H and O–H groups in total. The molecule has 98 valence electrons. The van der Waals surface area contributed by atoms with E-state index in [9.17, 15) is 20.0 Å². The van der Waals surface area contributed by atoms with Gasteiger partial charge in [0, 0.05) is 6.07 Å². The van der Waals surface area contributed by atoms with E-state index in [-0.39, 0.29) is 17.1 Å². The van der Waals surface area contributed by atoms with Crippen molar-refractivity contribution >= 4 is 28.6 Å². The molecule has 1 heterocycles. The van der Waals surface area contributed by atoms with Crippen molar-refractivity contribution in [2.75, 3.05) is 5.32 Å². The van der Waals surface area contributed by atoms with Crippen LogP contribution in [-0.4, -0.2) is 20.9 Å². The SMILES string of the molecule is Cc1ncsc1C(=O)Nc1ccc([N+](=O)[O-])cc1O. The van der Waals surface area contributed by atoms with Gasteiger partial charge in [-0.3, -0.25) is 14.9 Å². The Morgan fingerprint density at radius 3 is 2.79 bits per heavy atom. The largest absolute Gasteiger partial charge is 0.506 e. The second kappa shape index (κ2) is 5.02. The van der Waals surface area contributed by atoms with Crippen LogP contribution in [0.4, 0.5) is 11.4 Å². The minimum absolute atomic E-state index is 0.114. The van der Waals surface area contributed by atoms with E-state index in [2.05, 4.69) is 10.3 Å². The Kier molecular flexibility index (Phi) is 3.43. The first-order valence-electron chi connectivity index (χ1n) is 5.18. The topological polar surface area (TPSA) is 105 Å². The number of anilines is 1. The summed E-state index contributed by atoms with van der Waals surface area (Å²) in [4.78, 5) is 26.1. The number of rotatable bonds is 3. The van der Waals surface area contributed by atoms with Crippen LogP contribution in [0.15, 0.2) is 23.7 Å². The van der Waals surface area contributed by atoms with Crippen LogP contribution in [0.2, 0.25) is 0 Å². The van der Waals surface area contributed by atoms with E-state index in [1.54, 1.807) is 12.4 Å². The van der Waals surface area contributed by atoms with Gasteiger partial charge in [-0.25, -0.2) is 4.98 Å². The van der Waals surface area contributed by atoms with Gasteiger partial charge >= 0.3 is 0 Å². The van der Waals surface area contributed by atoms with Gasteiger partial charge in [0.05, 0.1) is 27.9 Å². The lowest BCUT2D eigenvalue weighted by molar-refractivity contribution is -0.384. The predicted molar refractivity (Wildman–Crippen MR) is 69.6 cm³/mol. The average Bonchev–Trinajstić information content (AvgIpc) is 2.77. The van der Waals surface area contributed by atoms with Gasteiger partial charge in [-0.15, -0.1) is 11.3 Å². The second-order valence-corrected chi connectivity index (χ2v) is 4.53. The molecule has 1 aromatic carbocycles. The van der Waals surface area contributed by atoms with Crippen LogP contribution in [0, 0.1) is 17.0 Å². The number of nitrogens with one attached hydrogen (secondary N) is 1. The molecule has 0 unspecified atom stereocenters. The first-order valence-corrected chi connectivity index (χ1v) is 6.06. The summed E-state index contributed by atoms with van der Waals surface area (Å²) in [5, 5.41) is 22.6. The first kappa shape index (κ1) is 13.0. The van der Waals surface area contributed by atoms with E-state index in [0.29, 0.717) is 10.6 Å². The molecule has 0 aliphatic carbocycles. The molecule has 19 heavy (non-hydrogen) atoms. The van der Waals surface area contributed by atoms with Gasteiger partial charge in [-0.2, -0.15) is 0 Å². The quantitative estimate of drug-likeness (QED) is 0.509. The van der Waals surface area contributed by atoms with Gasteiger partial charge in [0.1, 0.15) is 10.6 Å². The summed E-state index contributed by atoms with van der Waals surface area (Å²) in [6.45, 7) is 1.70. The molecule has 2 rings (SSSR count). The number of hydrogen-bond donors (Lipinski definition) is 2. The number of thiazole rings is 1. The Hall–Kier alpha value is -2.48. The van der Waals surface area contributed by atoms with Gasteiger partial charge in [0.2, 0.25) is 0 Å². The molecule has 7 nitrogen and oxygen atoms in total. The number of amides is 1. The van der Waals surface area contributed by atoms with Crippen molar-refractivity contribution in [2.45, 2.75) is 6.92 Å². The number of phenolic OH excluding ortho intramolecular Hbond substituents is 1. The van der Waals surface area contributed by atoms with Crippen LogP contribution in [0.25, 0.3) is 0 Å². The number of aromatic nitrogens is 1. The average molecular weight is 279 g/mol. The number of carbonyl (C=O) groups is 1. The van der Waals surface area contributed by atoms with Crippen LogP contribution in [0.1, 0.15) is 15.4 Å². The van der Waals surface area contributed by atoms with Crippen molar-refractivity contribution in [3.63, 3.8) is 0 Å². The summed E-state index contributed by atoms with van der Waals surface area (Å²) < 4.78 is 0. The van der Waals surface area contributed by atoms with Crippen molar-refractivity contribution in [1.29, 1.82) is 0 Å². The molecule has 0 saturated heterocycles. The summed E-state index contributed by atoms with van der Waals surface area (Å²) >= 11 is 1.18. The molecule has 0 bridgehead atoms. The van der Waals surface area contributed by atoms with Gasteiger partial charge in [0.25, 0.3) is 11.6 Å². The molecule has 1 amide bonds. The zero-order valence-corrected chi connectivity index (χ0v) is 10.6. The van der Waals surface area contributed by atoms with Crippen molar-refractivity contribution in [3.05, 3.63) is 44.4 Å². The zero-order chi connectivity index (χ0) is 14.0. The summed E-state index contributed by atoms with van der Waals surface area (Å²) in [6.07, 6.45) is 0. The number of aromatic hydroxyl groups is 1. The Balaban J connectivity index is 2.23. The van der Waals surface area contributed by atoms with E-state index in [1.165, 1.54) is 23.5 Å². The highest BCUT2D eigenvalue weighted by Gasteiger charge is 2.15. The number of non-ortho nitro benzene ring substituents is 1. The minimum Gasteiger partial charge on any atom is -0.506 e. The van der Waals surface area contributed by atoms with Crippen molar-refractivity contribution in [3.8, 4) is 5.75 Å². The predicted octanol–water partition coefficient (Wildman–Crippen LogP) is 2.32. The molecular formula is C11H9N3O4S. The number of aryl methyl sites for hydroxylation is 1. The fraction of sp³-hybridized carbons (Fsp3) is 0.0909. The molecule has 1 aromatic heterocycles. The second-order valence-electron chi connectivity index (χ2n) is 3.68. The third-order valence-electron chi connectivity index (χ3n) is 2.39. The zero-order valence-electron chi connectivity index (χ0n) is 9.78. The number of nitro benzene ring substituents is 1. The van der Waals surface area contributed by atoms with Gasteiger partial charge in [-0.1, -0.05) is 0 Å². The highest BCUT2D eigenvalue weighted by Crippen LogP contribution is 2.28. The van der Waals surface area contributed by atoms with Crippen molar-refractivity contribution in [2.24, 2.45) is 0 Å². The molecule has 0 atom stereocenters. The third-order valence-corrected chi connectivity index (χ3v) is 3.32. The number of phenols is 1. The highest BCUT2D eigenvalue weighted by molar-refractivity contribution is 7.12. The van der Waals surface area contributed by atoms with E-state index < -0.39 is 10.8 Å². The number of benzene rings is 1. The molecule has 0 aliphatic rings. The maximum Gasteiger partial charge on any atom is 0.273 e. The molecule has 8 heteroatoms. The minimum atomic E-state index is -0.626. The molecular weight excluding hydrogens is 270 g/mol. The van der Waals surface area contributed by atoms with Crippen molar-refractivity contribution < 1.29 is 14.8 Å². The molecule has 2 aromatic rings. The number of hydrogen-bond acceptors (Lipinski definition) is 6. The Labute approximate surface area is 111 Å². The van der Waals surface area contributed by atoms with Crippen molar-refractivity contribution in [1.82, 2.24) is 4.98 Å². The fourth-order valence-corrected chi connectivity index (χ4v) is 2.14. The maximum atomic E-state index is 11.9. The van der Waals surface area contributed by atoms with Crippen LogP contribution in [0.5, 0.6) is 5.75 Å². The molecule has 0 fully saturated rings. The number of carbonyl (C=O) groups excluding carboxylic acids is 1. The van der Waals surface area contributed by atoms with Crippen LogP contribution < -0.4 is 5.32 Å². The fourth-order valence-electron chi connectivity index (χ4n) is 1.44. The van der Waals surface area contributed by atoms with Crippen LogP contribution >= 0.6 is 11.3 Å². The van der Waals surface area contributed by atoms with Gasteiger partial charge in [-0.05, 0) is 13.0 Å². The summed E-state index contributed by atoms with van der Waals surface area (Å²) in [5.74, 6) is -0.770. The lowest BCUT2D eigenvalue weighted by Crippen LogP contribution is -2.11. The van der Waals surface area contributed by atoms with Crippen LogP contribution in [-0.2, 0) is 0 Å². The Morgan fingerprint density at radius 2 is 2.26 bits per heavy atom. The molecule has 0 spiro atoms. The smallest absolute Gasteiger partial charge is 0.273 e. The van der Waals surface area contributed by atoms with E-state index in [4.69, 9.17) is 0 Å². The third kappa shape index (κ3) is 2.68. The van der Waals surface area contributed by atoms with Crippen LogP contribution in [0.3, 0.4) is 0 Å². The van der Waals surface area contributed by atoms with E-state index >= 15 is 0 Å². The van der Waals surface area contributed by atoms with Gasteiger partial charge in [0.15, 0.2) is 0 Å². The lowest BCUT2D eigenvalue weighted by Gasteiger charge is -2.06. The summed E-state index contributed by atoms with van der Waals surface area (Å²) in [5.41, 5.74) is 2.00. The summed E-state index contributed by atoms with van der Waals surface area (Å²) in [7, 11) is 0. The molecule has 0 saturated carbocycles. The summed E-state index contributed by atoms with van der Waals surface area (Å²) in [6, 6.07) is 3.46. The standard InChI is InChI=1S/C11H9N3O4S/c1-6-10(19-5-12-6)11(16)13-8-3-2-7(14(17)18)4-9(8)15/h2-5,15H,1H3,(H,13,16). The Morgan fingerprint density at radius 1 is 1.53 bits per heavy atom. The molecule has 0 aliphatic heterocycles. The normalized spacial score (nSPS) is 10.2. The Bertz CT molecular complexity index is 653. The first-order chi connectivity index (χ1) is 8.99. The maximum absolute atomic E-state index is 11.9. The number of nitro groups is 1. The number of nitrogens with zero attached hydrogens (tertiary/aromatic N) is 2.